The van der Waals surface area contributed by atoms with Gasteiger partial charge in [0.05, 0.1) is 46.2 Å². The summed E-state index contributed by atoms with van der Waals surface area (Å²) in [6, 6.07) is 0. The second-order valence-corrected chi connectivity index (χ2v) is 5.04. The lowest BCUT2D eigenvalue weighted by Gasteiger charge is -2.08. The van der Waals surface area contributed by atoms with Crippen LogP contribution in [0.1, 0.15) is 19.8 Å². The monoisotopic (exact) mass is 365 g/mol. The molecule has 148 valence electrons. The molecule has 0 aliphatic heterocycles. The Morgan fingerprint density at radius 1 is 0.760 bits per heavy atom. The summed E-state index contributed by atoms with van der Waals surface area (Å²) in [5.41, 5.74) is 0. The Balaban J connectivity index is 3.11. The molecule has 1 amide bonds. The van der Waals surface area contributed by atoms with Gasteiger partial charge in [0, 0.05) is 13.2 Å². The first-order chi connectivity index (χ1) is 12.2. The summed E-state index contributed by atoms with van der Waals surface area (Å²) < 4.78 is 25.9. The van der Waals surface area contributed by atoms with Gasteiger partial charge in [-0.25, -0.2) is 4.79 Å². The number of carbonyl (C=O) groups is 2. The Bertz CT molecular complexity index is 327. The minimum absolute atomic E-state index is 0.279. The molecule has 0 saturated carbocycles. The molecule has 2 N–H and O–H groups in total. The quantitative estimate of drug-likeness (QED) is 0.309. The summed E-state index contributed by atoms with van der Waals surface area (Å²) in [6.45, 7) is 5.87. The number of amides is 1. The van der Waals surface area contributed by atoms with Crippen LogP contribution >= 0.6 is 0 Å². The van der Waals surface area contributed by atoms with E-state index in [4.69, 9.17) is 24.1 Å². The molecule has 25 heavy (non-hydrogen) atoms. The largest absolute Gasteiger partial charge is 0.480 e. The number of carboxylic acid groups (broad SMARTS) is 1. The van der Waals surface area contributed by atoms with E-state index in [0.717, 1.165) is 19.4 Å². The predicted molar refractivity (Wildman–Crippen MR) is 89.6 cm³/mol. The first kappa shape index (κ1) is 23.7. The van der Waals surface area contributed by atoms with Crippen LogP contribution in [-0.4, -0.2) is 89.6 Å². The highest BCUT2D eigenvalue weighted by molar-refractivity contribution is 5.77. The smallest absolute Gasteiger partial charge is 0.329 e. The molecule has 0 saturated heterocycles. The van der Waals surface area contributed by atoms with E-state index in [9.17, 15) is 9.59 Å². The molecule has 0 aromatic rings. The second-order valence-electron chi connectivity index (χ2n) is 5.04. The highest BCUT2D eigenvalue weighted by Gasteiger charge is 2.02. The van der Waals surface area contributed by atoms with Crippen LogP contribution in [-0.2, 0) is 33.3 Å². The topological polar surface area (TPSA) is 113 Å². The van der Waals surface area contributed by atoms with Crippen LogP contribution in [0.3, 0.4) is 0 Å². The summed E-state index contributed by atoms with van der Waals surface area (Å²) in [7, 11) is 0. The molecule has 0 aliphatic rings. The normalized spacial score (nSPS) is 10.8. The maximum atomic E-state index is 11.2. The summed E-state index contributed by atoms with van der Waals surface area (Å²) in [4.78, 5) is 21.4. The fraction of sp³-hybridized carbons (Fsp3) is 0.875. The van der Waals surface area contributed by atoms with E-state index in [-0.39, 0.29) is 12.5 Å². The van der Waals surface area contributed by atoms with Gasteiger partial charge in [0.1, 0.15) is 13.2 Å². The van der Waals surface area contributed by atoms with Crippen molar-refractivity contribution in [2.75, 3.05) is 72.6 Å². The summed E-state index contributed by atoms with van der Waals surface area (Å²) in [5.74, 6) is -1.49. The Hall–Kier alpha value is -1.26. The maximum absolute atomic E-state index is 11.2. The molecule has 0 radical (unpaired) electrons. The molecule has 0 atom stereocenters. The van der Waals surface area contributed by atoms with Gasteiger partial charge in [-0.3, -0.25) is 4.79 Å². The molecule has 0 aromatic carbocycles. The standard InChI is InChI=1S/C16H31NO8/c1-2-3-5-21-7-9-23-11-12-24-10-8-22-6-4-17-15(18)13-25-14-16(19)20/h2-14H2,1H3,(H,17,18)(H,19,20). The molecule has 0 aromatic heterocycles. The van der Waals surface area contributed by atoms with Gasteiger partial charge in [-0.15, -0.1) is 0 Å². The third-order valence-corrected chi connectivity index (χ3v) is 2.79. The van der Waals surface area contributed by atoms with E-state index >= 15 is 0 Å². The van der Waals surface area contributed by atoms with E-state index in [0.29, 0.717) is 52.8 Å². The van der Waals surface area contributed by atoms with E-state index in [1.807, 2.05) is 0 Å². The van der Waals surface area contributed by atoms with Gasteiger partial charge < -0.3 is 34.1 Å². The van der Waals surface area contributed by atoms with Gasteiger partial charge in [0.25, 0.3) is 0 Å². The SMILES string of the molecule is CCCCOCCOCCOCCOCCNC(=O)COCC(=O)O. The van der Waals surface area contributed by atoms with Crippen molar-refractivity contribution in [3.8, 4) is 0 Å². The van der Waals surface area contributed by atoms with Crippen LogP contribution in [0.5, 0.6) is 0 Å². The summed E-state index contributed by atoms with van der Waals surface area (Å²) in [5, 5.41) is 10.9. The zero-order valence-corrected chi connectivity index (χ0v) is 15.0. The maximum Gasteiger partial charge on any atom is 0.329 e. The summed E-state index contributed by atoms with van der Waals surface area (Å²) >= 11 is 0. The van der Waals surface area contributed by atoms with Crippen molar-refractivity contribution in [3.63, 3.8) is 0 Å². The number of hydrogen-bond donors (Lipinski definition) is 2. The van der Waals surface area contributed by atoms with E-state index in [1.54, 1.807) is 0 Å². The number of aliphatic carboxylic acids is 1. The molecule has 0 spiro atoms. The minimum atomic E-state index is -1.11. The Labute approximate surface area is 148 Å². The van der Waals surface area contributed by atoms with Gasteiger partial charge in [-0.1, -0.05) is 13.3 Å². The average molecular weight is 365 g/mol. The molecule has 0 rings (SSSR count). The molecule has 9 heteroatoms. The van der Waals surface area contributed by atoms with Crippen molar-refractivity contribution in [3.05, 3.63) is 0 Å². The minimum Gasteiger partial charge on any atom is -0.480 e. The molecular formula is C16H31NO8. The lowest BCUT2D eigenvalue weighted by molar-refractivity contribution is -0.143. The molecule has 0 heterocycles. The van der Waals surface area contributed by atoms with Crippen molar-refractivity contribution in [1.29, 1.82) is 0 Å². The number of unbranched alkanes of at least 4 members (excludes halogenated alkanes) is 1. The number of nitrogens with one attached hydrogen (secondary N) is 1. The van der Waals surface area contributed by atoms with E-state index in [1.165, 1.54) is 0 Å². The van der Waals surface area contributed by atoms with Crippen molar-refractivity contribution in [2.24, 2.45) is 0 Å². The second kappa shape index (κ2) is 19.1. The van der Waals surface area contributed by atoms with Gasteiger partial charge in [-0.2, -0.15) is 0 Å². The van der Waals surface area contributed by atoms with Gasteiger partial charge in [-0.05, 0) is 6.42 Å². The number of hydrogen-bond acceptors (Lipinski definition) is 7. The first-order valence-electron chi connectivity index (χ1n) is 8.54. The van der Waals surface area contributed by atoms with Crippen molar-refractivity contribution in [2.45, 2.75) is 19.8 Å². The lowest BCUT2D eigenvalue weighted by Crippen LogP contribution is -2.31. The molecule has 9 nitrogen and oxygen atoms in total. The van der Waals surface area contributed by atoms with Crippen molar-refractivity contribution >= 4 is 11.9 Å². The number of ether oxygens (including phenoxy) is 5. The van der Waals surface area contributed by atoms with Crippen LogP contribution in [0.2, 0.25) is 0 Å². The van der Waals surface area contributed by atoms with Crippen LogP contribution < -0.4 is 5.32 Å². The summed E-state index contributed by atoms with van der Waals surface area (Å²) in [6.07, 6.45) is 2.20. The molecule has 0 unspecified atom stereocenters. The number of carbonyl (C=O) groups excluding carboxylic acids is 1. The highest BCUT2D eigenvalue weighted by atomic mass is 16.6. The Kier molecular flexibility index (Phi) is 18.1. The third-order valence-electron chi connectivity index (χ3n) is 2.79. The third kappa shape index (κ3) is 20.7. The zero-order valence-electron chi connectivity index (χ0n) is 15.0. The van der Waals surface area contributed by atoms with Crippen molar-refractivity contribution < 1.29 is 38.4 Å². The van der Waals surface area contributed by atoms with Crippen LogP contribution in [0.4, 0.5) is 0 Å². The zero-order chi connectivity index (χ0) is 18.6. The molecule has 0 fully saturated rings. The van der Waals surface area contributed by atoms with Gasteiger partial charge in [0.2, 0.25) is 5.91 Å². The molecular weight excluding hydrogens is 334 g/mol. The Morgan fingerprint density at radius 3 is 1.80 bits per heavy atom. The van der Waals surface area contributed by atoms with E-state index < -0.39 is 12.6 Å². The molecule has 0 bridgehead atoms. The molecule has 0 aliphatic carbocycles. The van der Waals surface area contributed by atoms with Crippen LogP contribution in [0.25, 0.3) is 0 Å². The number of rotatable bonds is 19. The van der Waals surface area contributed by atoms with Crippen LogP contribution in [0.15, 0.2) is 0 Å². The lowest BCUT2D eigenvalue weighted by atomic mass is 10.4. The van der Waals surface area contributed by atoms with Crippen LogP contribution in [0, 0.1) is 0 Å². The average Bonchev–Trinajstić information content (AvgIpc) is 2.58. The van der Waals surface area contributed by atoms with Crippen molar-refractivity contribution in [1.82, 2.24) is 5.32 Å². The van der Waals surface area contributed by atoms with E-state index in [2.05, 4.69) is 17.0 Å². The fourth-order valence-corrected chi connectivity index (χ4v) is 1.55. The van der Waals surface area contributed by atoms with Gasteiger partial charge >= 0.3 is 5.97 Å². The highest BCUT2D eigenvalue weighted by Crippen LogP contribution is 1.88. The predicted octanol–water partition coefficient (Wildman–Crippen LogP) is 0.0703. The fourth-order valence-electron chi connectivity index (χ4n) is 1.55. The first-order valence-corrected chi connectivity index (χ1v) is 8.54. The Morgan fingerprint density at radius 2 is 1.28 bits per heavy atom. The number of carboxylic acids is 1. The van der Waals surface area contributed by atoms with Gasteiger partial charge in [0.15, 0.2) is 0 Å².